The fourth-order valence-corrected chi connectivity index (χ4v) is 1.47. The second-order valence-electron chi connectivity index (χ2n) is 4.47. The van der Waals surface area contributed by atoms with Crippen molar-refractivity contribution in [2.45, 2.75) is 32.7 Å². The highest BCUT2D eigenvalue weighted by Crippen LogP contribution is 2.24. The van der Waals surface area contributed by atoms with Gasteiger partial charge in [-0.25, -0.2) is 4.79 Å². The molecule has 0 aromatic rings. The second-order valence-corrected chi connectivity index (χ2v) is 4.47. The van der Waals surface area contributed by atoms with Gasteiger partial charge < -0.3 is 15.8 Å². The molecule has 0 saturated heterocycles. The molecule has 1 rings (SSSR count). The lowest BCUT2D eigenvalue weighted by Gasteiger charge is -2.32. The van der Waals surface area contributed by atoms with Gasteiger partial charge in [0.1, 0.15) is 0 Å². The third-order valence-electron chi connectivity index (χ3n) is 2.36. The quantitative estimate of drug-likeness (QED) is 0.714. The molecular weight excluding hydrogens is 180 g/mol. The molecule has 1 fully saturated rings. The summed E-state index contributed by atoms with van der Waals surface area (Å²) in [4.78, 5) is 11.1. The summed E-state index contributed by atoms with van der Waals surface area (Å²) in [6, 6.07) is 0.341. The van der Waals surface area contributed by atoms with Gasteiger partial charge >= 0.3 is 6.09 Å². The zero-order valence-electron chi connectivity index (χ0n) is 8.95. The third-order valence-corrected chi connectivity index (χ3v) is 2.36. The number of amides is 1. The largest absolute Gasteiger partial charge is 0.449 e. The van der Waals surface area contributed by atoms with Crippen molar-refractivity contribution in [3.63, 3.8) is 0 Å². The first-order valence-corrected chi connectivity index (χ1v) is 5.24. The highest BCUT2D eigenvalue weighted by atomic mass is 16.5. The summed E-state index contributed by atoms with van der Waals surface area (Å²) in [5, 5.41) is 2.74. The summed E-state index contributed by atoms with van der Waals surface area (Å²) < 4.78 is 4.97. The highest BCUT2D eigenvalue weighted by molar-refractivity contribution is 5.67. The molecule has 0 aromatic carbocycles. The molecule has 1 aliphatic rings. The number of rotatable bonds is 4. The molecule has 0 radical (unpaired) electrons. The standard InChI is InChI=1S/C10H20N2O2/c1-7(2)6-14-10(13)12-5-8-3-9(11)4-8/h7-9H,3-6,11H2,1-2H3,(H,12,13). The van der Waals surface area contributed by atoms with E-state index < -0.39 is 0 Å². The van der Waals surface area contributed by atoms with Gasteiger partial charge in [-0.2, -0.15) is 0 Å². The van der Waals surface area contributed by atoms with Crippen LogP contribution in [-0.2, 0) is 4.74 Å². The van der Waals surface area contributed by atoms with E-state index in [0.717, 1.165) is 12.8 Å². The van der Waals surface area contributed by atoms with Gasteiger partial charge in [-0.1, -0.05) is 13.8 Å². The van der Waals surface area contributed by atoms with Gasteiger partial charge in [-0.3, -0.25) is 0 Å². The van der Waals surface area contributed by atoms with Crippen molar-refractivity contribution in [2.24, 2.45) is 17.6 Å². The van der Waals surface area contributed by atoms with E-state index in [-0.39, 0.29) is 6.09 Å². The Morgan fingerprint density at radius 2 is 2.21 bits per heavy atom. The molecule has 4 heteroatoms. The molecule has 1 saturated carbocycles. The maximum atomic E-state index is 11.1. The number of nitrogens with two attached hydrogens (primary N) is 1. The molecule has 4 nitrogen and oxygen atoms in total. The maximum absolute atomic E-state index is 11.1. The third kappa shape index (κ3) is 3.96. The lowest BCUT2D eigenvalue weighted by molar-refractivity contribution is 0.128. The first-order chi connectivity index (χ1) is 6.58. The average molecular weight is 200 g/mol. The molecule has 0 spiro atoms. The summed E-state index contributed by atoms with van der Waals surface area (Å²) >= 11 is 0. The molecule has 0 aliphatic heterocycles. The average Bonchev–Trinajstić information content (AvgIpc) is 2.07. The van der Waals surface area contributed by atoms with Crippen LogP contribution in [0, 0.1) is 11.8 Å². The molecule has 0 aromatic heterocycles. The van der Waals surface area contributed by atoms with E-state index in [0.29, 0.717) is 31.0 Å². The SMILES string of the molecule is CC(C)COC(=O)NCC1CC(N)C1. The number of nitrogens with one attached hydrogen (secondary N) is 1. The van der Waals surface area contributed by atoms with Crippen LogP contribution in [-0.4, -0.2) is 25.3 Å². The zero-order valence-corrected chi connectivity index (χ0v) is 8.95. The summed E-state index contributed by atoms with van der Waals surface area (Å²) in [5.74, 6) is 0.939. The maximum Gasteiger partial charge on any atom is 0.407 e. The van der Waals surface area contributed by atoms with Crippen LogP contribution in [0.4, 0.5) is 4.79 Å². The van der Waals surface area contributed by atoms with Crippen LogP contribution in [0.25, 0.3) is 0 Å². The summed E-state index contributed by atoms with van der Waals surface area (Å²) in [5.41, 5.74) is 5.63. The minimum atomic E-state index is -0.306. The predicted octanol–water partition coefficient (Wildman–Crippen LogP) is 1.11. The molecule has 0 bridgehead atoms. The molecule has 0 atom stereocenters. The highest BCUT2D eigenvalue weighted by Gasteiger charge is 2.25. The van der Waals surface area contributed by atoms with E-state index in [1.807, 2.05) is 13.8 Å². The number of carbonyl (C=O) groups is 1. The Kier molecular flexibility index (Phi) is 4.20. The van der Waals surface area contributed by atoms with Gasteiger partial charge in [0.2, 0.25) is 0 Å². The van der Waals surface area contributed by atoms with Gasteiger partial charge in [0.15, 0.2) is 0 Å². The summed E-state index contributed by atoms with van der Waals surface area (Å²) in [6.07, 6.45) is 1.73. The van der Waals surface area contributed by atoms with Crippen LogP contribution in [0.1, 0.15) is 26.7 Å². The van der Waals surface area contributed by atoms with Gasteiger partial charge in [-0.15, -0.1) is 0 Å². The van der Waals surface area contributed by atoms with Crippen LogP contribution in [0.3, 0.4) is 0 Å². The van der Waals surface area contributed by atoms with Crippen molar-refractivity contribution >= 4 is 6.09 Å². The Labute approximate surface area is 85.2 Å². The first-order valence-electron chi connectivity index (χ1n) is 5.24. The van der Waals surface area contributed by atoms with E-state index in [9.17, 15) is 4.79 Å². The van der Waals surface area contributed by atoms with Gasteiger partial charge in [-0.05, 0) is 24.7 Å². The van der Waals surface area contributed by atoms with Crippen molar-refractivity contribution < 1.29 is 9.53 Å². The van der Waals surface area contributed by atoms with Gasteiger partial charge in [0, 0.05) is 12.6 Å². The Morgan fingerprint density at radius 3 is 2.71 bits per heavy atom. The van der Waals surface area contributed by atoms with Crippen molar-refractivity contribution in [3.05, 3.63) is 0 Å². The van der Waals surface area contributed by atoms with Crippen LogP contribution in [0.2, 0.25) is 0 Å². The van der Waals surface area contributed by atoms with Crippen molar-refractivity contribution in [1.82, 2.24) is 5.32 Å². The number of carbonyl (C=O) groups excluding carboxylic acids is 1. The van der Waals surface area contributed by atoms with E-state index in [1.54, 1.807) is 0 Å². The van der Waals surface area contributed by atoms with Crippen LogP contribution < -0.4 is 11.1 Å². The topological polar surface area (TPSA) is 64.3 Å². The molecule has 82 valence electrons. The van der Waals surface area contributed by atoms with Crippen LogP contribution in [0.15, 0.2) is 0 Å². The molecule has 0 unspecified atom stereocenters. The smallest absolute Gasteiger partial charge is 0.407 e. The summed E-state index contributed by atoms with van der Waals surface area (Å²) in [6.45, 7) is 5.21. The van der Waals surface area contributed by atoms with E-state index >= 15 is 0 Å². The number of hydrogen-bond acceptors (Lipinski definition) is 3. The minimum absolute atomic E-state index is 0.306. The van der Waals surface area contributed by atoms with Crippen molar-refractivity contribution in [1.29, 1.82) is 0 Å². The Hall–Kier alpha value is -0.770. The first kappa shape index (κ1) is 11.3. The van der Waals surface area contributed by atoms with Crippen molar-refractivity contribution in [3.8, 4) is 0 Å². The normalized spacial score (nSPS) is 25.7. The Bertz CT molecular complexity index is 189. The zero-order chi connectivity index (χ0) is 10.6. The van der Waals surface area contributed by atoms with Crippen LogP contribution in [0.5, 0.6) is 0 Å². The summed E-state index contributed by atoms with van der Waals surface area (Å²) in [7, 11) is 0. The van der Waals surface area contributed by atoms with E-state index in [4.69, 9.17) is 10.5 Å². The molecule has 3 N–H and O–H groups in total. The fraction of sp³-hybridized carbons (Fsp3) is 0.900. The monoisotopic (exact) mass is 200 g/mol. The molecule has 1 aliphatic carbocycles. The fourth-order valence-electron chi connectivity index (χ4n) is 1.47. The second kappa shape index (κ2) is 5.20. The minimum Gasteiger partial charge on any atom is -0.449 e. The van der Waals surface area contributed by atoms with E-state index in [2.05, 4.69) is 5.32 Å². The van der Waals surface area contributed by atoms with Crippen molar-refractivity contribution in [2.75, 3.05) is 13.2 Å². The number of hydrogen-bond donors (Lipinski definition) is 2. The number of ether oxygens (including phenoxy) is 1. The Morgan fingerprint density at radius 1 is 1.57 bits per heavy atom. The number of alkyl carbamates (subject to hydrolysis) is 1. The van der Waals surface area contributed by atoms with Gasteiger partial charge in [0.05, 0.1) is 6.61 Å². The molecular formula is C10H20N2O2. The molecule has 1 amide bonds. The van der Waals surface area contributed by atoms with Crippen LogP contribution >= 0.6 is 0 Å². The lowest BCUT2D eigenvalue weighted by Crippen LogP contribution is -2.42. The van der Waals surface area contributed by atoms with Gasteiger partial charge in [0.25, 0.3) is 0 Å². The molecule has 14 heavy (non-hydrogen) atoms. The predicted molar refractivity (Wildman–Crippen MR) is 54.9 cm³/mol. The van der Waals surface area contributed by atoms with E-state index in [1.165, 1.54) is 0 Å². The lowest BCUT2D eigenvalue weighted by atomic mass is 9.81. The Balaban J connectivity index is 1.98. The molecule has 0 heterocycles.